The average molecular weight is 642 g/mol. The Morgan fingerprint density at radius 3 is 1.29 bits per heavy atom. The van der Waals surface area contributed by atoms with Crippen molar-refractivity contribution in [2.24, 2.45) is 5.18 Å². The molecule has 2 aromatic heterocycles. The van der Waals surface area contributed by atoms with Crippen molar-refractivity contribution in [3.63, 3.8) is 0 Å². The number of aromatic hydroxyl groups is 1. The van der Waals surface area contributed by atoms with Crippen LogP contribution in [-0.2, 0) is 0 Å². The number of nitrogens with zero attached hydrogens (tertiary/aromatic N) is 3. The Balaban J connectivity index is 1.20. The number of rotatable bonds is 5. The van der Waals surface area contributed by atoms with Crippen LogP contribution in [-0.4, -0.2) is 14.2 Å². The summed E-state index contributed by atoms with van der Waals surface area (Å²) in [6.07, 6.45) is 0. The molecular weight excluding hydrogens is 616 g/mol. The van der Waals surface area contributed by atoms with Gasteiger partial charge < -0.3 is 14.2 Å². The molecule has 1 N–H and O–H groups in total. The fourth-order valence-electron chi connectivity index (χ4n) is 7.20. The maximum atomic E-state index is 16.2. The van der Waals surface area contributed by atoms with Crippen LogP contribution in [0.2, 0.25) is 0 Å². The quantitative estimate of drug-likeness (QED) is 0.190. The second-order valence-electron chi connectivity index (χ2n) is 12.0. The van der Waals surface area contributed by atoms with Crippen LogP contribution >= 0.6 is 0 Å². The summed E-state index contributed by atoms with van der Waals surface area (Å²) in [7, 11) is 0. The predicted octanol–water partition coefficient (Wildman–Crippen LogP) is 11.6. The van der Waals surface area contributed by atoms with Crippen LogP contribution in [0.15, 0.2) is 151 Å². The molecule has 0 bridgehead atoms. The number of phenolic OH excluding ortho intramolecular Hbond substituents is 1. The van der Waals surface area contributed by atoms with Gasteiger partial charge in [0.15, 0.2) is 0 Å². The summed E-state index contributed by atoms with van der Waals surface area (Å²) in [6, 6.07) is 43.8. The minimum Gasteiger partial charge on any atom is -0.507 e. The lowest BCUT2D eigenvalue weighted by Gasteiger charge is -2.15. The van der Waals surface area contributed by atoms with Crippen molar-refractivity contribution in [3.8, 4) is 39.4 Å². The molecule has 0 fully saturated rings. The molecule has 0 aliphatic rings. The minimum atomic E-state index is -0.762. The topological polar surface area (TPSA) is 59.5 Å². The maximum Gasteiger partial charge on any atom is 0.131 e. The first-order chi connectivity index (χ1) is 24.0. The van der Waals surface area contributed by atoms with E-state index >= 15 is 8.78 Å². The highest BCUT2D eigenvalue weighted by atomic mass is 19.1. The molecule has 0 saturated carbocycles. The van der Waals surface area contributed by atoms with E-state index in [-0.39, 0.29) is 33.7 Å². The van der Waals surface area contributed by atoms with E-state index in [0.717, 1.165) is 55.7 Å². The van der Waals surface area contributed by atoms with E-state index in [1.54, 1.807) is 24.3 Å². The molecule has 5 nitrogen and oxygen atoms in total. The van der Waals surface area contributed by atoms with Gasteiger partial charge in [0, 0.05) is 55.2 Å². The van der Waals surface area contributed by atoms with Crippen molar-refractivity contribution in [2.75, 3.05) is 0 Å². The SMILES string of the molecule is O=Nc1ccc(-n2c3ccccc3c3ccccc32)cc1-c1cc(F)c(-c2cc(-n3c4ccccc4c4ccccc43)ccc2O)cc1F. The first-order valence-electron chi connectivity index (χ1n) is 15.8. The predicted molar refractivity (Wildman–Crippen MR) is 193 cm³/mol. The molecule has 0 atom stereocenters. The largest absolute Gasteiger partial charge is 0.507 e. The third kappa shape index (κ3) is 4.36. The van der Waals surface area contributed by atoms with E-state index in [0.29, 0.717) is 11.4 Å². The number of hydrogen-bond acceptors (Lipinski definition) is 3. The molecule has 7 aromatic carbocycles. The normalized spacial score (nSPS) is 11.6. The molecule has 234 valence electrons. The Bertz CT molecular complexity index is 2690. The smallest absolute Gasteiger partial charge is 0.131 e. The average Bonchev–Trinajstić information content (AvgIpc) is 3.66. The first kappa shape index (κ1) is 28.6. The first-order valence-corrected chi connectivity index (χ1v) is 15.8. The fraction of sp³-hybridized carbons (Fsp3) is 0. The van der Waals surface area contributed by atoms with Crippen molar-refractivity contribution in [3.05, 3.63) is 162 Å². The van der Waals surface area contributed by atoms with Crippen molar-refractivity contribution in [2.45, 2.75) is 0 Å². The van der Waals surface area contributed by atoms with Crippen LogP contribution in [0.1, 0.15) is 0 Å². The fourth-order valence-corrected chi connectivity index (χ4v) is 7.20. The molecule has 0 spiro atoms. The van der Waals surface area contributed by atoms with Gasteiger partial charge in [-0.1, -0.05) is 72.8 Å². The standard InChI is InChI=1S/C42H25F2N3O2/c43-35-24-32(34-22-26(18-20-42(34)48)47-40-15-7-3-11-29(40)30-12-4-8-16-41(30)47)36(44)23-31(35)33-21-25(17-19-37(33)45-49)46-38-13-5-1-9-27(38)28-10-2-6-14-39(28)46/h1-24,48H. The van der Waals surface area contributed by atoms with E-state index in [4.69, 9.17) is 0 Å². The third-order valence-electron chi connectivity index (χ3n) is 9.37. The van der Waals surface area contributed by atoms with Gasteiger partial charge in [-0.3, -0.25) is 0 Å². The number of nitroso groups, excluding NO2 is 1. The van der Waals surface area contributed by atoms with Gasteiger partial charge in [0.2, 0.25) is 0 Å². The summed E-state index contributed by atoms with van der Waals surface area (Å²) in [5, 5.41) is 18.3. The van der Waals surface area contributed by atoms with Gasteiger partial charge in [0.25, 0.3) is 0 Å². The van der Waals surface area contributed by atoms with E-state index in [1.165, 1.54) is 12.1 Å². The van der Waals surface area contributed by atoms with E-state index in [1.807, 2.05) is 106 Å². The highest BCUT2D eigenvalue weighted by Gasteiger charge is 2.21. The van der Waals surface area contributed by atoms with Gasteiger partial charge in [-0.25, -0.2) is 8.78 Å². The van der Waals surface area contributed by atoms with Crippen molar-refractivity contribution < 1.29 is 13.9 Å². The number of halogens is 2. The zero-order chi connectivity index (χ0) is 33.2. The lowest BCUT2D eigenvalue weighted by Crippen LogP contribution is -1.98. The molecule has 0 saturated heterocycles. The molecule has 0 amide bonds. The zero-order valence-corrected chi connectivity index (χ0v) is 25.8. The van der Waals surface area contributed by atoms with Gasteiger partial charge in [0.05, 0.1) is 22.1 Å². The zero-order valence-electron chi connectivity index (χ0n) is 25.8. The number of fused-ring (bicyclic) bond motifs is 6. The summed E-state index contributed by atoms with van der Waals surface area (Å²) >= 11 is 0. The maximum absolute atomic E-state index is 16.2. The van der Waals surface area contributed by atoms with Gasteiger partial charge in [-0.05, 0) is 78.0 Å². The Morgan fingerprint density at radius 1 is 0.449 bits per heavy atom. The summed E-state index contributed by atoms with van der Waals surface area (Å²) in [4.78, 5) is 12.0. The van der Waals surface area contributed by atoms with E-state index in [2.05, 4.69) is 5.18 Å². The van der Waals surface area contributed by atoms with Crippen LogP contribution in [0.3, 0.4) is 0 Å². The number of hydrogen-bond donors (Lipinski definition) is 1. The van der Waals surface area contributed by atoms with Gasteiger partial charge in [-0.2, -0.15) is 0 Å². The summed E-state index contributed by atoms with van der Waals surface area (Å²) in [5.41, 5.74) is 5.14. The summed E-state index contributed by atoms with van der Waals surface area (Å²) in [5.74, 6) is -1.72. The Morgan fingerprint density at radius 2 is 0.837 bits per heavy atom. The Hall–Kier alpha value is -6.60. The van der Waals surface area contributed by atoms with Crippen LogP contribution in [0.4, 0.5) is 14.5 Å². The molecule has 49 heavy (non-hydrogen) atoms. The van der Waals surface area contributed by atoms with Crippen molar-refractivity contribution in [1.29, 1.82) is 0 Å². The number of phenols is 1. The molecule has 7 heteroatoms. The molecule has 0 aliphatic carbocycles. The molecule has 0 radical (unpaired) electrons. The second kappa shape index (κ2) is 11.0. The van der Waals surface area contributed by atoms with Crippen LogP contribution in [0.5, 0.6) is 5.75 Å². The summed E-state index contributed by atoms with van der Waals surface area (Å²) in [6.45, 7) is 0. The highest BCUT2D eigenvalue weighted by Crippen LogP contribution is 2.42. The van der Waals surface area contributed by atoms with Crippen LogP contribution in [0, 0.1) is 16.5 Å². The third-order valence-corrected chi connectivity index (χ3v) is 9.37. The van der Waals surface area contributed by atoms with Crippen molar-refractivity contribution >= 4 is 49.3 Å². The molecule has 0 aliphatic heterocycles. The molecule has 9 aromatic rings. The van der Waals surface area contributed by atoms with Crippen LogP contribution in [0.25, 0.3) is 77.2 Å². The van der Waals surface area contributed by atoms with Gasteiger partial charge in [-0.15, -0.1) is 4.91 Å². The molecular formula is C42H25F2N3O2. The molecule has 0 unspecified atom stereocenters. The monoisotopic (exact) mass is 641 g/mol. The number of aromatic nitrogens is 2. The summed E-state index contributed by atoms with van der Waals surface area (Å²) < 4.78 is 36.5. The van der Waals surface area contributed by atoms with Crippen molar-refractivity contribution in [1.82, 2.24) is 9.13 Å². The second-order valence-corrected chi connectivity index (χ2v) is 12.0. The number of para-hydroxylation sites is 4. The minimum absolute atomic E-state index is 0.0215. The van der Waals surface area contributed by atoms with Gasteiger partial charge in [0.1, 0.15) is 23.1 Å². The van der Waals surface area contributed by atoms with E-state index < -0.39 is 11.6 Å². The van der Waals surface area contributed by atoms with Gasteiger partial charge >= 0.3 is 0 Å². The van der Waals surface area contributed by atoms with Crippen LogP contribution < -0.4 is 0 Å². The Kier molecular flexibility index (Phi) is 6.42. The highest BCUT2D eigenvalue weighted by molar-refractivity contribution is 6.10. The lowest BCUT2D eigenvalue weighted by atomic mass is 9.96. The van der Waals surface area contributed by atoms with E-state index in [9.17, 15) is 10.0 Å². The lowest BCUT2D eigenvalue weighted by molar-refractivity contribution is 0.476. The molecule has 2 heterocycles. The number of benzene rings is 7. The Labute approximate surface area is 278 Å². The molecule has 9 rings (SSSR count).